The van der Waals surface area contributed by atoms with E-state index in [0.29, 0.717) is 30.5 Å². The molecule has 19 heavy (non-hydrogen) atoms. The number of aryl methyl sites for hydroxylation is 1. The summed E-state index contributed by atoms with van der Waals surface area (Å²) in [7, 11) is 1.71. The fraction of sp³-hybridized carbons (Fsp3) is 0.786. The van der Waals surface area contributed by atoms with Gasteiger partial charge in [-0.15, -0.1) is 0 Å². The lowest BCUT2D eigenvalue weighted by atomic mass is 9.78. The van der Waals surface area contributed by atoms with Gasteiger partial charge in [-0.2, -0.15) is 4.98 Å². The predicted molar refractivity (Wildman–Crippen MR) is 69.6 cm³/mol. The lowest BCUT2D eigenvalue weighted by molar-refractivity contribution is -0.117. The minimum atomic E-state index is -0.407. The summed E-state index contributed by atoms with van der Waals surface area (Å²) in [5.74, 6) is 1.90. The van der Waals surface area contributed by atoms with Crippen LogP contribution in [0.3, 0.4) is 0 Å². The number of hydrogen-bond acceptors (Lipinski definition) is 5. The molecule has 1 heterocycles. The van der Waals surface area contributed by atoms with Crippen LogP contribution in [0.4, 0.5) is 0 Å². The molecule has 1 fully saturated rings. The maximum absolute atomic E-state index is 11.0. The third-order valence-corrected chi connectivity index (χ3v) is 3.91. The van der Waals surface area contributed by atoms with Crippen molar-refractivity contribution in [3.8, 4) is 0 Å². The Labute approximate surface area is 113 Å². The number of rotatable bonds is 5. The van der Waals surface area contributed by atoms with Crippen molar-refractivity contribution in [1.29, 1.82) is 0 Å². The van der Waals surface area contributed by atoms with Crippen LogP contribution in [0.15, 0.2) is 4.52 Å². The first kappa shape index (κ1) is 14.2. The van der Waals surface area contributed by atoms with Gasteiger partial charge < -0.3 is 14.1 Å². The maximum atomic E-state index is 11.0. The Morgan fingerprint density at radius 2 is 2.37 bits per heavy atom. The quantitative estimate of drug-likeness (QED) is 0.819. The molecule has 5 nitrogen and oxygen atoms in total. The Hall–Kier alpha value is -1.23. The van der Waals surface area contributed by atoms with Gasteiger partial charge in [0.05, 0.1) is 0 Å². The fourth-order valence-corrected chi connectivity index (χ4v) is 2.81. The van der Waals surface area contributed by atoms with E-state index < -0.39 is 5.60 Å². The topological polar surface area (TPSA) is 65.2 Å². The standard InChI is InChI=1S/C14H22N2O3/c1-10-5-4-8-14(9-10,18-3)13-15-12(19-16-13)7-6-11(2)17/h10H,4-9H2,1-3H3. The van der Waals surface area contributed by atoms with Crippen molar-refractivity contribution in [1.82, 2.24) is 10.1 Å². The maximum Gasteiger partial charge on any atom is 0.227 e. The van der Waals surface area contributed by atoms with Crippen LogP contribution < -0.4 is 0 Å². The summed E-state index contributed by atoms with van der Waals surface area (Å²) in [4.78, 5) is 15.4. The van der Waals surface area contributed by atoms with Gasteiger partial charge >= 0.3 is 0 Å². The third-order valence-electron chi connectivity index (χ3n) is 3.91. The van der Waals surface area contributed by atoms with Crippen LogP contribution in [-0.2, 0) is 21.6 Å². The van der Waals surface area contributed by atoms with E-state index in [-0.39, 0.29) is 5.78 Å². The number of carbonyl (C=O) groups excluding carboxylic acids is 1. The molecule has 5 heteroatoms. The molecular weight excluding hydrogens is 244 g/mol. The molecule has 1 aliphatic carbocycles. The summed E-state index contributed by atoms with van der Waals surface area (Å²) >= 11 is 0. The first-order valence-corrected chi connectivity index (χ1v) is 6.93. The van der Waals surface area contributed by atoms with Gasteiger partial charge in [-0.3, -0.25) is 0 Å². The van der Waals surface area contributed by atoms with Crippen LogP contribution >= 0.6 is 0 Å². The fourth-order valence-electron chi connectivity index (χ4n) is 2.81. The summed E-state index contributed by atoms with van der Waals surface area (Å²) in [6.45, 7) is 3.79. The number of aromatic nitrogens is 2. The molecule has 106 valence electrons. The highest BCUT2D eigenvalue weighted by molar-refractivity contribution is 5.75. The summed E-state index contributed by atoms with van der Waals surface area (Å²) in [5, 5.41) is 4.07. The van der Waals surface area contributed by atoms with E-state index >= 15 is 0 Å². The van der Waals surface area contributed by atoms with Crippen molar-refractivity contribution in [3.05, 3.63) is 11.7 Å². The number of ether oxygens (including phenoxy) is 1. The van der Waals surface area contributed by atoms with Crippen LogP contribution in [0.5, 0.6) is 0 Å². The van der Waals surface area contributed by atoms with Crippen molar-refractivity contribution in [2.24, 2.45) is 5.92 Å². The number of hydrogen-bond donors (Lipinski definition) is 0. The van der Waals surface area contributed by atoms with Crippen LogP contribution in [0, 0.1) is 5.92 Å². The lowest BCUT2D eigenvalue weighted by Gasteiger charge is -2.36. The van der Waals surface area contributed by atoms with E-state index in [4.69, 9.17) is 9.26 Å². The van der Waals surface area contributed by atoms with E-state index in [1.54, 1.807) is 14.0 Å². The van der Waals surface area contributed by atoms with Crippen LogP contribution in [0.1, 0.15) is 57.7 Å². The number of Topliss-reactive ketones (excluding diaryl/α,β-unsaturated/α-hetero) is 1. The molecule has 1 aromatic rings. The van der Waals surface area contributed by atoms with Gasteiger partial charge in [0.25, 0.3) is 0 Å². The van der Waals surface area contributed by atoms with E-state index in [1.165, 1.54) is 6.42 Å². The van der Waals surface area contributed by atoms with Crippen molar-refractivity contribution in [2.75, 3.05) is 7.11 Å². The van der Waals surface area contributed by atoms with Crippen LogP contribution in [-0.4, -0.2) is 23.0 Å². The van der Waals surface area contributed by atoms with Gasteiger partial charge in [-0.25, -0.2) is 0 Å². The molecule has 1 aromatic heterocycles. The number of methoxy groups -OCH3 is 1. The van der Waals surface area contributed by atoms with Crippen molar-refractivity contribution in [3.63, 3.8) is 0 Å². The van der Waals surface area contributed by atoms with E-state index in [0.717, 1.165) is 19.3 Å². The lowest BCUT2D eigenvalue weighted by Crippen LogP contribution is -2.35. The molecule has 1 saturated carbocycles. The SMILES string of the molecule is COC1(c2noc(CCC(C)=O)n2)CCCC(C)C1. The van der Waals surface area contributed by atoms with E-state index in [2.05, 4.69) is 17.1 Å². The Morgan fingerprint density at radius 3 is 3.00 bits per heavy atom. The second-order valence-electron chi connectivity index (χ2n) is 5.61. The monoisotopic (exact) mass is 266 g/mol. The van der Waals surface area contributed by atoms with Gasteiger partial charge in [0.2, 0.25) is 11.7 Å². The molecule has 0 amide bonds. The van der Waals surface area contributed by atoms with Gasteiger partial charge in [0.1, 0.15) is 11.4 Å². The average Bonchev–Trinajstić information content (AvgIpc) is 2.85. The zero-order valence-electron chi connectivity index (χ0n) is 11.9. The Morgan fingerprint density at radius 1 is 1.58 bits per heavy atom. The molecule has 2 unspecified atom stereocenters. The first-order chi connectivity index (χ1) is 9.05. The second kappa shape index (κ2) is 5.82. The highest BCUT2D eigenvalue weighted by Crippen LogP contribution is 2.41. The summed E-state index contributed by atoms with van der Waals surface area (Å²) in [6.07, 6.45) is 5.15. The Bertz CT molecular complexity index is 444. The molecule has 0 bridgehead atoms. The molecule has 0 aliphatic heterocycles. The Balaban J connectivity index is 2.12. The van der Waals surface area contributed by atoms with E-state index in [1.807, 2.05) is 0 Å². The third kappa shape index (κ3) is 3.21. The largest absolute Gasteiger partial charge is 0.370 e. The number of nitrogens with zero attached hydrogens (tertiary/aromatic N) is 2. The number of ketones is 1. The Kier molecular flexibility index (Phi) is 4.34. The predicted octanol–water partition coefficient (Wildman–Crippen LogP) is 2.64. The van der Waals surface area contributed by atoms with Gasteiger partial charge in [-0.1, -0.05) is 18.5 Å². The molecule has 0 spiro atoms. The van der Waals surface area contributed by atoms with Crippen molar-refractivity contribution >= 4 is 5.78 Å². The van der Waals surface area contributed by atoms with E-state index in [9.17, 15) is 4.79 Å². The van der Waals surface area contributed by atoms with Crippen LogP contribution in [0.25, 0.3) is 0 Å². The highest BCUT2D eigenvalue weighted by Gasteiger charge is 2.40. The smallest absolute Gasteiger partial charge is 0.227 e. The molecule has 0 aromatic carbocycles. The minimum Gasteiger partial charge on any atom is -0.370 e. The molecular formula is C14H22N2O3. The number of carbonyl (C=O) groups is 1. The summed E-state index contributed by atoms with van der Waals surface area (Å²) in [5.41, 5.74) is -0.407. The van der Waals surface area contributed by atoms with Gasteiger partial charge in [0, 0.05) is 20.0 Å². The summed E-state index contributed by atoms with van der Waals surface area (Å²) < 4.78 is 11.0. The summed E-state index contributed by atoms with van der Waals surface area (Å²) in [6, 6.07) is 0. The molecule has 0 saturated heterocycles. The van der Waals surface area contributed by atoms with Crippen molar-refractivity contribution in [2.45, 2.75) is 58.0 Å². The molecule has 2 rings (SSSR count). The minimum absolute atomic E-state index is 0.132. The molecule has 1 aliphatic rings. The van der Waals surface area contributed by atoms with Gasteiger partial charge in [0.15, 0.2) is 0 Å². The zero-order chi connectivity index (χ0) is 13.9. The molecule has 0 N–H and O–H groups in total. The second-order valence-corrected chi connectivity index (χ2v) is 5.61. The van der Waals surface area contributed by atoms with Crippen LogP contribution in [0.2, 0.25) is 0 Å². The van der Waals surface area contributed by atoms with Gasteiger partial charge in [-0.05, 0) is 32.1 Å². The average molecular weight is 266 g/mol. The molecule has 0 radical (unpaired) electrons. The normalized spacial score (nSPS) is 27.4. The molecule has 2 atom stereocenters. The highest BCUT2D eigenvalue weighted by atomic mass is 16.5. The zero-order valence-corrected chi connectivity index (χ0v) is 11.9. The van der Waals surface area contributed by atoms with Crippen molar-refractivity contribution < 1.29 is 14.1 Å². The first-order valence-electron chi connectivity index (χ1n) is 6.93.